The van der Waals surface area contributed by atoms with Gasteiger partial charge in [0.05, 0.1) is 11.6 Å². The van der Waals surface area contributed by atoms with Crippen LogP contribution in [0, 0.1) is 5.92 Å². The van der Waals surface area contributed by atoms with E-state index in [4.69, 9.17) is 9.73 Å². The largest absolute Gasteiger partial charge is 0.474 e. The predicted molar refractivity (Wildman–Crippen MR) is 84.7 cm³/mol. The number of pyridine rings is 1. The maximum Gasteiger partial charge on any atom is 0.237 e. The number of nitrogens with one attached hydrogen (secondary N) is 1. The monoisotopic (exact) mass is 279 g/mol. The Morgan fingerprint density at radius 1 is 1.19 bits per heavy atom. The van der Waals surface area contributed by atoms with Crippen molar-refractivity contribution in [2.45, 2.75) is 19.9 Å². The number of hydrogen-bond donors (Lipinski definition) is 1. The highest BCUT2D eigenvalue weighted by Gasteiger charge is 2.25. The van der Waals surface area contributed by atoms with Gasteiger partial charge in [-0.2, -0.15) is 0 Å². The van der Waals surface area contributed by atoms with Gasteiger partial charge in [-0.25, -0.2) is 9.98 Å². The number of hydrogen-bond acceptors (Lipinski definition) is 3. The van der Waals surface area contributed by atoms with E-state index in [0.29, 0.717) is 18.4 Å². The molecule has 106 valence electrons. The van der Waals surface area contributed by atoms with E-state index in [9.17, 15) is 0 Å². The molecular formula is C17H17N3O. The number of rotatable bonds is 2. The molecule has 0 spiro atoms. The van der Waals surface area contributed by atoms with Crippen LogP contribution in [-0.2, 0) is 4.74 Å². The fourth-order valence-corrected chi connectivity index (χ4v) is 2.80. The third kappa shape index (κ3) is 1.90. The van der Waals surface area contributed by atoms with Gasteiger partial charge in [0.1, 0.15) is 12.3 Å². The highest BCUT2D eigenvalue weighted by molar-refractivity contribution is 6.14. The van der Waals surface area contributed by atoms with Crippen LogP contribution in [0.15, 0.2) is 41.5 Å². The quantitative estimate of drug-likeness (QED) is 0.780. The lowest BCUT2D eigenvalue weighted by molar-refractivity contribution is 0.291. The highest BCUT2D eigenvalue weighted by Crippen LogP contribution is 2.28. The number of H-pyrrole nitrogens is 1. The number of benzene rings is 1. The SMILES string of the molecule is CC(C)[C@@H]1COC(c2nccc3c2[nH]c2ccccc23)=N1. The van der Waals surface area contributed by atoms with Gasteiger partial charge >= 0.3 is 0 Å². The van der Waals surface area contributed by atoms with Crippen LogP contribution < -0.4 is 0 Å². The zero-order valence-electron chi connectivity index (χ0n) is 12.1. The second kappa shape index (κ2) is 4.58. The first-order chi connectivity index (χ1) is 10.2. The summed E-state index contributed by atoms with van der Waals surface area (Å²) in [5.41, 5.74) is 2.93. The van der Waals surface area contributed by atoms with E-state index in [1.807, 2.05) is 24.4 Å². The van der Waals surface area contributed by atoms with Gasteiger partial charge in [-0.1, -0.05) is 32.0 Å². The molecule has 0 fully saturated rings. The molecule has 4 rings (SSSR count). The number of nitrogens with zero attached hydrogens (tertiary/aromatic N) is 2. The van der Waals surface area contributed by atoms with Gasteiger partial charge in [0.25, 0.3) is 0 Å². The Labute approximate surface area is 122 Å². The molecule has 0 radical (unpaired) electrons. The van der Waals surface area contributed by atoms with Crippen molar-refractivity contribution in [1.29, 1.82) is 0 Å². The molecule has 3 heterocycles. The summed E-state index contributed by atoms with van der Waals surface area (Å²) in [5, 5.41) is 2.37. The number of para-hydroxylation sites is 1. The van der Waals surface area contributed by atoms with Crippen LogP contribution in [-0.4, -0.2) is 28.5 Å². The Morgan fingerprint density at radius 3 is 2.86 bits per heavy atom. The Balaban J connectivity index is 1.92. The average Bonchev–Trinajstić information content (AvgIpc) is 3.11. The van der Waals surface area contributed by atoms with Gasteiger partial charge in [0.15, 0.2) is 0 Å². The maximum absolute atomic E-state index is 5.78. The minimum Gasteiger partial charge on any atom is -0.474 e. The van der Waals surface area contributed by atoms with Gasteiger partial charge in [-0.3, -0.25) is 0 Å². The van der Waals surface area contributed by atoms with E-state index in [-0.39, 0.29) is 6.04 Å². The standard InChI is InChI=1S/C17H17N3O/c1-10(2)14-9-21-17(20-14)16-15-12(7-8-18-16)11-5-3-4-6-13(11)19-15/h3-8,10,14,19H,9H2,1-2H3/t14-/m0/s1. The molecule has 4 heteroatoms. The first-order valence-corrected chi connectivity index (χ1v) is 7.30. The van der Waals surface area contributed by atoms with E-state index in [1.54, 1.807) is 0 Å². The topological polar surface area (TPSA) is 50.3 Å². The number of fused-ring (bicyclic) bond motifs is 3. The highest BCUT2D eigenvalue weighted by atomic mass is 16.5. The van der Waals surface area contributed by atoms with Crippen LogP contribution >= 0.6 is 0 Å². The molecule has 0 saturated carbocycles. The van der Waals surface area contributed by atoms with E-state index >= 15 is 0 Å². The molecule has 0 aliphatic carbocycles. The molecule has 1 N–H and O–H groups in total. The molecule has 21 heavy (non-hydrogen) atoms. The zero-order valence-corrected chi connectivity index (χ0v) is 12.1. The fourth-order valence-electron chi connectivity index (χ4n) is 2.80. The van der Waals surface area contributed by atoms with E-state index in [0.717, 1.165) is 22.1 Å². The van der Waals surface area contributed by atoms with Gasteiger partial charge < -0.3 is 9.72 Å². The average molecular weight is 279 g/mol. The lowest BCUT2D eigenvalue weighted by atomic mass is 10.1. The molecular weight excluding hydrogens is 262 g/mol. The van der Waals surface area contributed by atoms with Crippen molar-refractivity contribution >= 4 is 27.7 Å². The Bertz CT molecular complexity index is 847. The second-order valence-electron chi connectivity index (χ2n) is 5.81. The Morgan fingerprint density at radius 2 is 2.05 bits per heavy atom. The summed E-state index contributed by atoms with van der Waals surface area (Å²) in [4.78, 5) is 12.6. The summed E-state index contributed by atoms with van der Waals surface area (Å²) >= 11 is 0. The third-order valence-electron chi connectivity index (χ3n) is 4.07. The van der Waals surface area contributed by atoms with Crippen molar-refractivity contribution in [2.24, 2.45) is 10.9 Å². The number of aliphatic imine (C=N–C) groups is 1. The molecule has 0 amide bonds. The summed E-state index contributed by atoms with van der Waals surface area (Å²) in [5.74, 6) is 1.13. The van der Waals surface area contributed by atoms with E-state index in [2.05, 4.69) is 35.9 Å². The zero-order chi connectivity index (χ0) is 14.4. The molecule has 1 aliphatic heterocycles. The summed E-state index contributed by atoms with van der Waals surface area (Å²) in [6.07, 6.45) is 1.83. The minimum absolute atomic E-state index is 0.224. The summed E-state index contributed by atoms with van der Waals surface area (Å²) in [6.45, 7) is 4.97. The molecule has 0 unspecified atom stereocenters. The maximum atomic E-state index is 5.78. The van der Waals surface area contributed by atoms with E-state index < -0.39 is 0 Å². The fraction of sp³-hybridized carbons (Fsp3) is 0.294. The van der Waals surface area contributed by atoms with Gasteiger partial charge in [0.2, 0.25) is 5.90 Å². The van der Waals surface area contributed by atoms with Crippen LogP contribution in [0.1, 0.15) is 19.5 Å². The number of aromatic nitrogens is 2. The van der Waals surface area contributed by atoms with Crippen LogP contribution in [0.25, 0.3) is 21.8 Å². The summed E-state index contributed by atoms with van der Waals surface area (Å²) in [7, 11) is 0. The van der Waals surface area contributed by atoms with Crippen LogP contribution in [0.2, 0.25) is 0 Å². The smallest absolute Gasteiger partial charge is 0.237 e. The second-order valence-corrected chi connectivity index (χ2v) is 5.81. The van der Waals surface area contributed by atoms with Crippen molar-refractivity contribution in [2.75, 3.05) is 6.61 Å². The van der Waals surface area contributed by atoms with Gasteiger partial charge in [0, 0.05) is 22.5 Å². The molecule has 0 saturated heterocycles. The van der Waals surface area contributed by atoms with E-state index in [1.165, 1.54) is 5.39 Å². The lowest BCUT2D eigenvalue weighted by Gasteiger charge is -2.06. The van der Waals surface area contributed by atoms with Crippen LogP contribution in [0.5, 0.6) is 0 Å². The van der Waals surface area contributed by atoms with Gasteiger partial charge in [-0.05, 0) is 18.1 Å². The van der Waals surface area contributed by atoms with Crippen molar-refractivity contribution in [3.8, 4) is 0 Å². The molecule has 1 aromatic carbocycles. The molecule has 4 nitrogen and oxygen atoms in total. The Kier molecular flexibility index (Phi) is 2.70. The summed E-state index contributed by atoms with van der Waals surface area (Å²) < 4.78 is 5.78. The van der Waals surface area contributed by atoms with Crippen molar-refractivity contribution in [3.05, 3.63) is 42.2 Å². The third-order valence-corrected chi connectivity index (χ3v) is 4.07. The summed E-state index contributed by atoms with van der Waals surface area (Å²) in [6, 6.07) is 10.5. The molecule has 2 aromatic heterocycles. The Hall–Kier alpha value is -2.36. The van der Waals surface area contributed by atoms with Crippen molar-refractivity contribution in [3.63, 3.8) is 0 Å². The van der Waals surface area contributed by atoms with Crippen LogP contribution in [0.3, 0.4) is 0 Å². The predicted octanol–water partition coefficient (Wildman–Crippen LogP) is 3.52. The first-order valence-electron chi connectivity index (χ1n) is 7.30. The van der Waals surface area contributed by atoms with Crippen molar-refractivity contribution in [1.82, 2.24) is 9.97 Å². The lowest BCUT2D eigenvalue weighted by Crippen LogP contribution is -2.13. The molecule has 3 aromatic rings. The minimum atomic E-state index is 0.224. The van der Waals surface area contributed by atoms with Crippen molar-refractivity contribution < 1.29 is 4.74 Å². The first kappa shape index (κ1) is 12.4. The van der Waals surface area contributed by atoms with Gasteiger partial charge in [-0.15, -0.1) is 0 Å². The molecule has 1 aliphatic rings. The number of ether oxygens (including phenoxy) is 1. The normalized spacial score (nSPS) is 18.4. The number of aromatic amines is 1. The molecule has 1 atom stereocenters. The van der Waals surface area contributed by atoms with Crippen LogP contribution in [0.4, 0.5) is 0 Å². The molecule has 0 bridgehead atoms.